The minimum atomic E-state index is 1.00. The molecule has 4 rings (SSSR count). The third kappa shape index (κ3) is 2.22. The predicted octanol–water partition coefficient (Wildman–Crippen LogP) is 6.40. The molecule has 0 aromatic rings. The summed E-state index contributed by atoms with van der Waals surface area (Å²) in [5, 5.41) is 0. The van der Waals surface area contributed by atoms with Crippen LogP contribution in [0.15, 0.2) is 0 Å². The van der Waals surface area contributed by atoms with Crippen molar-refractivity contribution in [2.24, 2.45) is 59.2 Å². The van der Waals surface area contributed by atoms with Crippen LogP contribution in [-0.2, 0) is 0 Å². The van der Waals surface area contributed by atoms with Gasteiger partial charge in [0.05, 0.1) is 0 Å². The molecule has 10 atom stereocenters. The second-order valence-electron chi connectivity index (χ2n) is 9.84. The maximum atomic E-state index is 2.67. The van der Waals surface area contributed by atoms with Crippen LogP contribution < -0.4 is 0 Å². The smallest absolute Gasteiger partial charge is 0.0328 e. The van der Waals surface area contributed by atoms with Crippen molar-refractivity contribution in [3.8, 4) is 0 Å². The Morgan fingerprint density at radius 1 is 0.682 bits per heavy atom. The van der Waals surface area contributed by atoms with Crippen molar-refractivity contribution in [1.82, 2.24) is 0 Å². The van der Waals surface area contributed by atoms with Crippen molar-refractivity contribution >= 4 is 0 Å². The molecule has 0 spiro atoms. The Bertz CT molecular complexity index is 399. The van der Waals surface area contributed by atoms with E-state index in [2.05, 4.69) is 27.7 Å². The Kier molecular flexibility index (Phi) is 4.10. The second kappa shape index (κ2) is 5.82. The van der Waals surface area contributed by atoms with Gasteiger partial charge in [-0.1, -0.05) is 53.4 Å². The lowest BCUT2D eigenvalue weighted by molar-refractivity contribution is -0.0697. The van der Waals surface area contributed by atoms with Crippen molar-refractivity contribution in [3.05, 3.63) is 0 Å². The van der Waals surface area contributed by atoms with Gasteiger partial charge < -0.3 is 0 Å². The highest BCUT2D eigenvalue weighted by Gasteiger charge is 2.54. The first-order chi connectivity index (χ1) is 10.6. The summed E-state index contributed by atoms with van der Waals surface area (Å²) in [7, 11) is 0. The maximum Gasteiger partial charge on any atom is -0.0328 e. The van der Waals surface area contributed by atoms with E-state index in [-0.39, 0.29) is 0 Å². The Morgan fingerprint density at radius 3 is 2.09 bits per heavy atom. The van der Waals surface area contributed by atoms with Crippen LogP contribution >= 0.6 is 0 Å². The summed E-state index contributed by atoms with van der Waals surface area (Å²) in [6.07, 6.45) is 12.4. The number of fused-ring (bicyclic) bond motifs is 3. The molecule has 0 aromatic carbocycles. The zero-order valence-electron chi connectivity index (χ0n) is 15.4. The number of rotatable bonds is 1. The first-order valence-electron chi connectivity index (χ1n) is 10.6. The van der Waals surface area contributed by atoms with Crippen molar-refractivity contribution < 1.29 is 0 Å². The molecule has 4 saturated carbocycles. The third-order valence-corrected chi connectivity index (χ3v) is 9.24. The van der Waals surface area contributed by atoms with E-state index in [9.17, 15) is 0 Å². The van der Waals surface area contributed by atoms with Crippen LogP contribution in [0.1, 0.15) is 79.1 Å². The second-order valence-corrected chi connectivity index (χ2v) is 9.84. The van der Waals surface area contributed by atoms with E-state index in [0.29, 0.717) is 0 Å². The van der Waals surface area contributed by atoms with Crippen LogP contribution in [0, 0.1) is 59.2 Å². The molecule has 4 fully saturated rings. The van der Waals surface area contributed by atoms with Crippen LogP contribution in [0.4, 0.5) is 0 Å². The molecule has 0 saturated heterocycles. The minimum Gasteiger partial charge on any atom is -0.0651 e. The molecular weight excluding hydrogens is 264 g/mol. The van der Waals surface area contributed by atoms with Gasteiger partial charge in [-0.05, 0) is 84.9 Å². The highest BCUT2D eigenvalue weighted by molar-refractivity contribution is 5.03. The van der Waals surface area contributed by atoms with Gasteiger partial charge in [0.15, 0.2) is 0 Å². The van der Waals surface area contributed by atoms with Crippen LogP contribution in [0.25, 0.3) is 0 Å². The van der Waals surface area contributed by atoms with Gasteiger partial charge in [-0.2, -0.15) is 0 Å². The van der Waals surface area contributed by atoms with Gasteiger partial charge in [-0.25, -0.2) is 0 Å². The van der Waals surface area contributed by atoms with E-state index in [1.807, 2.05) is 0 Å². The van der Waals surface area contributed by atoms with Crippen molar-refractivity contribution in [1.29, 1.82) is 0 Å². The Labute approximate surface area is 138 Å². The SMILES string of the molecule is CCC1CC2CC3C[C@@H]4CCCC[C@@H]4C(C)C3C(C)C2C1C. The van der Waals surface area contributed by atoms with Crippen LogP contribution in [0.2, 0.25) is 0 Å². The molecule has 22 heavy (non-hydrogen) atoms. The first kappa shape index (κ1) is 15.5. The van der Waals surface area contributed by atoms with Crippen molar-refractivity contribution in [2.45, 2.75) is 79.1 Å². The minimum absolute atomic E-state index is 1.00. The summed E-state index contributed by atoms with van der Waals surface area (Å²) in [5.74, 6) is 10.6. The standard InChI is InChI=1S/C22H38/c1-5-16-10-18-12-19-11-17-8-6-7-9-20(17)14(3)22(19)15(4)21(18)13(16)2/h13-22H,5-12H2,1-4H3/t13?,14?,15?,16?,17-,18?,19?,20+,21?,22?/m0/s1. The molecular formula is C22H38. The first-order valence-corrected chi connectivity index (χ1v) is 10.6. The maximum absolute atomic E-state index is 2.67. The summed E-state index contributed by atoms with van der Waals surface area (Å²) in [5.41, 5.74) is 0. The molecule has 0 aliphatic heterocycles. The molecule has 0 amide bonds. The summed E-state index contributed by atoms with van der Waals surface area (Å²) in [6.45, 7) is 10.4. The molecule has 126 valence electrons. The van der Waals surface area contributed by atoms with Gasteiger partial charge in [-0.15, -0.1) is 0 Å². The highest BCUT2D eigenvalue weighted by atomic mass is 14.6. The van der Waals surface area contributed by atoms with Crippen molar-refractivity contribution in [2.75, 3.05) is 0 Å². The normalized spacial score (nSPS) is 57.8. The van der Waals surface area contributed by atoms with E-state index in [0.717, 1.165) is 59.2 Å². The zero-order valence-corrected chi connectivity index (χ0v) is 15.4. The number of hydrogen-bond acceptors (Lipinski definition) is 0. The lowest BCUT2D eigenvalue weighted by Gasteiger charge is -2.56. The van der Waals surface area contributed by atoms with Gasteiger partial charge in [0.1, 0.15) is 0 Å². The van der Waals surface area contributed by atoms with Gasteiger partial charge in [-0.3, -0.25) is 0 Å². The molecule has 0 heteroatoms. The van der Waals surface area contributed by atoms with Gasteiger partial charge in [0.25, 0.3) is 0 Å². The molecule has 8 unspecified atom stereocenters. The van der Waals surface area contributed by atoms with E-state index < -0.39 is 0 Å². The topological polar surface area (TPSA) is 0 Å². The molecule has 4 aliphatic carbocycles. The van der Waals surface area contributed by atoms with E-state index in [1.54, 1.807) is 32.1 Å². The molecule has 0 radical (unpaired) electrons. The van der Waals surface area contributed by atoms with Crippen LogP contribution in [0.3, 0.4) is 0 Å². The molecule has 0 bridgehead atoms. The van der Waals surface area contributed by atoms with Gasteiger partial charge in [0, 0.05) is 0 Å². The predicted molar refractivity (Wildman–Crippen MR) is 94.5 cm³/mol. The lowest BCUT2D eigenvalue weighted by Crippen LogP contribution is -2.49. The molecule has 4 aliphatic rings. The number of hydrogen-bond donors (Lipinski definition) is 0. The summed E-state index contributed by atoms with van der Waals surface area (Å²) in [6, 6.07) is 0. The average Bonchev–Trinajstić information content (AvgIpc) is 2.83. The summed E-state index contributed by atoms with van der Waals surface area (Å²) < 4.78 is 0. The monoisotopic (exact) mass is 302 g/mol. The van der Waals surface area contributed by atoms with E-state index >= 15 is 0 Å². The average molecular weight is 303 g/mol. The summed E-state index contributed by atoms with van der Waals surface area (Å²) in [4.78, 5) is 0. The van der Waals surface area contributed by atoms with Crippen molar-refractivity contribution in [3.63, 3.8) is 0 Å². The molecule has 0 heterocycles. The Hall–Kier alpha value is 0. The zero-order chi connectivity index (χ0) is 15.4. The van der Waals surface area contributed by atoms with E-state index in [4.69, 9.17) is 0 Å². The van der Waals surface area contributed by atoms with Crippen LogP contribution in [0.5, 0.6) is 0 Å². The lowest BCUT2D eigenvalue weighted by atomic mass is 9.49. The fourth-order valence-corrected chi connectivity index (χ4v) is 8.49. The van der Waals surface area contributed by atoms with Gasteiger partial charge >= 0.3 is 0 Å². The molecule has 0 aromatic heterocycles. The Balaban J connectivity index is 1.58. The highest BCUT2D eigenvalue weighted by Crippen LogP contribution is 2.62. The summed E-state index contributed by atoms with van der Waals surface area (Å²) >= 11 is 0. The van der Waals surface area contributed by atoms with E-state index in [1.165, 1.54) is 19.3 Å². The quantitative estimate of drug-likeness (QED) is 0.525. The van der Waals surface area contributed by atoms with Gasteiger partial charge in [0.2, 0.25) is 0 Å². The van der Waals surface area contributed by atoms with Crippen LogP contribution in [-0.4, -0.2) is 0 Å². The fraction of sp³-hybridized carbons (Fsp3) is 1.00. The largest absolute Gasteiger partial charge is 0.0651 e. The fourth-order valence-electron chi connectivity index (χ4n) is 8.49. The molecule has 0 nitrogen and oxygen atoms in total. The molecule has 0 N–H and O–H groups in total. The third-order valence-electron chi connectivity index (χ3n) is 9.24. The Morgan fingerprint density at radius 2 is 1.32 bits per heavy atom.